The lowest BCUT2D eigenvalue weighted by Crippen LogP contribution is -1.91. The predicted molar refractivity (Wildman–Crippen MR) is 42.0 cm³/mol. The van der Waals surface area contributed by atoms with E-state index in [1.54, 1.807) is 0 Å². The van der Waals surface area contributed by atoms with Crippen LogP contribution < -0.4 is 0 Å². The summed E-state index contributed by atoms with van der Waals surface area (Å²) >= 11 is 5.26. The summed E-state index contributed by atoms with van der Waals surface area (Å²) in [6.07, 6.45) is 5.36. The SMILES string of the molecule is CCCCC1=CC1C(=O)Cl. The first-order valence-electron chi connectivity index (χ1n) is 3.65. The summed E-state index contributed by atoms with van der Waals surface area (Å²) in [6, 6.07) is 0. The van der Waals surface area contributed by atoms with Gasteiger partial charge in [-0.2, -0.15) is 0 Å². The normalized spacial score (nSPS) is 22.2. The Labute approximate surface area is 66.1 Å². The van der Waals surface area contributed by atoms with E-state index in [2.05, 4.69) is 6.92 Å². The molecule has 56 valence electrons. The van der Waals surface area contributed by atoms with Gasteiger partial charge in [-0.15, -0.1) is 0 Å². The van der Waals surface area contributed by atoms with Crippen LogP contribution in [-0.2, 0) is 4.79 Å². The lowest BCUT2D eigenvalue weighted by Gasteiger charge is -1.91. The van der Waals surface area contributed by atoms with Crippen LogP contribution in [0.4, 0.5) is 0 Å². The van der Waals surface area contributed by atoms with Crippen LogP contribution in [-0.4, -0.2) is 5.24 Å². The smallest absolute Gasteiger partial charge is 0.232 e. The van der Waals surface area contributed by atoms with E-state index in [4.69, 9.17) is 11.6 Å². The highest BCUT2D eigenvalue weighted by Crippen LogP contribution is 2.34. The van der Waals surface area contributed by atoms with Gasteiger partial charge in [-0.25, -0.2) is 0 Å². The number of rotatable bonds is 4. The molecule has 0 saturated heterocycles. The molecule has 0 aromatic carbocycles. The van der Waals surface area contributed by atoms with Crippen molar-refractivity contribution in [2.24, 2.45) is 5.92 Å². The largest absolute Gasteiger partial charge is 0.280 e. The molecule has 0 fully saturated rings. The molecule has 0 aromatic heterocycles. The van der Waals surface area contributed by atoms with Gasteiger partial charge in [0.1, 0.15) is 0 Å². The van der Waals surface area contributed by atoms with E-state index in [1.165, 1.54) is 18.4 Å². The number of unbranched alkanes of at least 4 members (excludes halogenated alkanes) is 1. The molecule has 1 nitrogen and oxygen atoms in total. The number of carbonyl (C=O) groups is 1. The summed E-state index contributed by atoms with van der Waals surface area (Å²) in [5.74, 6) is 0.00761. The zero-order valence-corrected chi connectivity index (χ0v) is 6.82. The quantitative estimate of drug-likeness (QED) is 0.454. The van der Waals surface area contributed by atoms with Crippen molar-refractivity contribution in [2.75, 3.05) is 0 Å². The average molecular weight is 159 g/mol. The molecule has 1 rings (SSSR count). The van der Waals surface area contributed by atoms with Crippen LogP contribution in [0.25, 0.3) is 0 Å². The van der Waals surface area contributed by atoms with Crippen molar-refractivity contribution in [1.82, 2.24) is 0 Å². The molecule has 0 heterocycles. The molecule has 0 saturated carbocycles. The van der Waals surface area contributed by atoms with Gasteiger partial charge in [-0.1, -0.05) is 25.0 Å². The maximum atomic E-state index is 10.5. The molecule has 1 aliphatic rings. The highest BCUT2D eigenvalue weighted by molar-refractivity contribution is 6.65. The molecular weight excluding hydrogens is 148 g/mol. The van der Waals surface area contributed by atoms with E-state index in [1.807, 2.05) is 6.08 Å². The van der Waals surface area contributed by atoms with E-state index in [0.29, 0.717) is 0 Å². The zero-order chi connectivity index (χ0) is 7.56. The van der Waals surface area contributed by atoms with Crippen molar-refractivity contribution in [1.29, 1.82) is 0 Å². The Bertz CT molecular complexity index is 172. The molecule has 1 aliphatic carbocycles. The van der Waals surface area contributed by atoms with E-state index < -0.39 is 0 Å². The fraction of sp³-hybridized carbons (Fsp3) is 0.625. The second kappa shape index (κ2) is 3.20. The predicted octanol–water partition coefficient (Wildman–Crippen LogP) is 2.50. The van der Waals surface area contributed by atoms with Crippen LogP contribution in [0.2, 0.25) is 0 Å². The summed E-state index contributed by atoms with van der Waals surface area (Å²) in [6.45, 7) is 2.14. The lowest BCUT2D eigenvalue weighted by atomic mass is 10.2. The van der Waals surface area contributed by atoms with Crippen LogP contribution >= 0.6 is 11.6 Å². The molecule has 0 radical (unpaired) electrons. The topological polar surface area (TPSA) is 17.1 Å². The third-order valence-corrected chi connectivity index (χ3v) is 1.97. The monoisotopic (exact) mass is 158 g/mol. The highest BCUT2D eigenvalue weighted by atomic mass is 35.5. The Hall–Kier alpha value is -0.300. The minimum absolute atomic E-state index is 0.00761. The summed E-state index contributed by atoms with van der Waals surface area (Å²) in [5.41, 5.74) is 1.24. The molecule has 0 aliphatic heterocycles. The van der Waals surface area contributed by atoms with Crippen molar-refractivity contribution in [3.8, 4) is 0 Å². The van der Waals surface area contributed by atoms with E-state index in [-0.39, 0.29) is 11.2 Å². The maximum absolute atomic E-state index is 10.5. The summed E-state index contributed by atoms with van der Waals surface area (Å²) in [7, 11) is 0. The number of hydrogen-bond donors (Lipinski definition) is 0. The molecule has 0 N–H and O–H groups in total. The van der Waals surface area contributed by atoms with E-state index >= 15 is 0 Å². The van der Waals surface area contributed by atoms with Crippen LogP contribution in [0.3, 0.4) is 0 Å². The number of allylic oxidation sites excluding steroid dienone is 2. The number of halogens is 1. The molecule has 0 spiro atoms. The molecule has 0 amide bonds. The fourth-order valence-electron chi connectivity index (χ4n) is 0.997. The van der Waals surface area contributed by atoms with Gasteiger partial charge in [0.05, 0.1) is 5.92 Å². The molecule has 1 atom stereocenters. The molecular formula is C8H11ClO. The van der Waals surface area contributed by atoms with Crippen molar-refractivity contribution >= 4 is 16.8 Å². The average Bonchev–Trinajstić information content (AvgIpc) is 2.62. The van der Waals surface area contributed by atoms with E-state index in [0.717, 1.165) is 6.42 Å². The van der Waals surface area contributed by atoms with Gasteiger partial charge in [-0.05, 0) is 24.4 Å². The van der Waals surface area contributed by atoms with Crippen LogP contribution in [0, 0.1) is 5.92 Å². The van der Waals surface area contributed by atoms with Gasteiger partial charge in [0, 0.05) is 0 Å². The summed E-state index contributed by atoms with van der Waals surface area (Å²) in [5, 5.41) is -0.217. The first-order valence-corrected chi connectivity index (χ1v) is 4.03. The summed E-state index contributed by atoms with van der Waals surface area (Å²) < 4.78 is 0. The van der Waals surface area contributed by atoms with Crippen molar-refractivity contribution in [3.63, 3.8) is 0 Å². The molecule has 1 unspecified atom stereocenters. The van der Waals surface area contributed by atoms with Gasteiger partial charge in [-0.3, -0.25) is 4.79 Å². The first kappa shape index (κ1) is 7.80. The van der Waals surface area contributed by atoms with Crippen LogP contribution in [0.1, 0.15) is 26.2 Å². The van der Waals surface area contributed by atoms with Gasteiger partial charge >= 0.3 is 0 Å². The van der Waals surface area contributed by atoms with Gasteiger partial charge < -0.3 is 0 Å². The molecule has 10 heavy (non-hydrogen) atoms. The highest BCUT2D eigenvalue weighted by Gasteiger charge is 2.29. The Morgan fingerprint density at radius 3 is 2.90 bits per heavy atom. The van der Waals surface area contributed by atoms with Crippen molar-refractivity contribution < 1.29 is 4.79 Å². The fourth-order valence-corrected chi connectivity index (χ4v) is 1.20. The van der Waals surface area contributed by atoms with Gasteiger partial charge in [0.15, 0.2) is 0 Å². The third kappa shape index (κ3) is 1.84. The molecule has 2 heteroatoms. The minimum Gasteiger partial charge on any atom is -0.280 e. The maximum Gasteiger partial charge on any atom is 0.232 e. The Balaban J connectivity index is 2.13. The van der Waals surface area contributed by atoms with E-state index in [9.17, 15) is 4.79 Å². The Morgan fingerprint density at radius 2 is 2.50 bits per heavy atom. The number of hydrogen-bond acceptors (Lipinski definition) is 1. The standard InChI is InChI=1S/C8H11ClO/c1-2-3-4-6-5-7(6)8(9)10/h5,7H,2-4H2,1H3. The third-order valence-electron chi connectivity index (χ3n) is 1.73. The van der Waals surface area contributed by atoms with Gasteiger partial charge in [0.25, 0.3) is 0 Å². The number of carbonyl (C=O) groups excluding carboxylic acids is 1. The van der Waals surface area contributed by atoms with Gasteiger partial charge in [0.2, 0.25) is 5.24 Å². The molecule has 0 bridgehead atoms. The second-order valence-electron chi connectivity index (χ2n) is 2.63. The zero-order valence-electron chi connectivity index (χ0n) is 6.06. The minimum atomic E-state index is -0.217. The Kier molecular flexibility index (Phi) is 2.50. The second-order valence-corrected chi connectivity index (χ2v) is 3.00. The van der Waals surface area contributed by atoms with Crippen molar-refractivity contribution in [3.05, 3.63) is 11.6 Å². The van der Waals surface area contributed by atoms with Crippen LogP contribution in [0.5, 0.6) is 0 Å². The summed E-state index contributed by atoms with van der Waals surface area (Å²) in [4.78, 5) is 10.5. The van der Waals surface area contributed by atoms with Crippen molar-refractivity contribution in [2.45, 2.75) is 26.2 Å². The van der Waals surface area contributed by atoms with Crippen LogP contribution in [0.15, 0.2) is 11.6 Å². The lowest BCUT2D eigenvalue weighted by molar-refractivity contribution is -0.112. The Morgan fingerprint density at radius 1 is 1.80 bits per heavy atom. The first-order chi connectivity index (χ1) is 4.75. The molecule has 0 aromatic rings.